The van der Waals surface area contributed by atoms with Crippen molar-refractivity contribution in [3.8, 4) is 0 Å². The van der Waals surface area contributed by atoms with E-state index in [0.29, 0.717) is 35.1 Å². The van der Waals surface area contributed by atoms with E-state index in [9.17, 15) is 4.79 Å². The zero-order valence-electron chi connectivity index (χ0n) is 14.4. The van der Waals surface area contributed by atoms with Crippen LogP contribution in [0.15, 0.2) is 71.3 Å². The maximum atomic E-state index is 13.1. The second-order valence-corrected chi connectivity index (χ2v) is 7.80. The zero-order valence-corrected chi connectivity index (χ0v) is 17.5. The van der Waals surface area contributed by atoms with Crippen LogP contribution in [0.4, 0.5) is 0 Å². The highest BCUT2D eigenvalue weighted by Crippen LogP contribution is 2.22. The summed E-state index contributed by atoms with van der Waals surface area (Å²) < 4.78 is 0.867. The molecule has 0 N–H and O–H groups in total. The topological polar surface area (TPSA) is 33.2 Å². The van der Waals surface area contributed by atoms with Gasteiger partial charge in [-0.1, -0.05) is 57.3 Å². The zero-order chi connectivity index (χ0) is 19.2. The van der Waals surface area contributed by atoms with Gasteiger partial charge in [0.25, 0.3) is 5.91 Å². The molecule has 1 aromatic heterocycles. The van der Waals surface area contributed by atoms with Gasteiger partial charge in [-0.25, -0.2) is 0 Å². The molecule has 0 saturated heterocycles. The van der Waals surface area contributed by atoms with Crippen molar-refractivity contribution in [2.75, 3.05) is 6.54 Å². The number of pyridine rings is 1. The van der Waals surface area contributed by atoms with Crippen LogP contribution in [0.1, 0.15) is 21.6 Å². The highest BCUT2D eigenvalue weighted by Gasteiger charge is 2.17. The SMILES string of the molecule is O=C(c1cccc(Br)c1)N(CCc1ccc(Cl)cc1Cl)Cc1ccccn1. The number of benzene rings is 2. The first kappa shape index (κ1) is 19.9. The van der Waals surface area contributed by atoms with Gasteiger partial charge in [0, 0.05) is 32.8 Å². The van der Waals surface area contributed by atoms with Crippen LogP contribution in [0.2, 0.25) is 10.0 Å². The number of rotatable bonds is 6. The maximum absolute atomic E-state index is 13.1. The molecule has 3 aromatic rings. The molecule has 6 heteroatoms. The predicted molar refractivity (Wildman–Crippen MR) is 113 cm³/mol. The number of nitrogens with zero attached hydrogens (tertiary/aromatic N) is 2. The lowest BCUT2D eigenvalue weighted by atomic mass is 10.1. The highest BCUT2D eigenvalue weighted by atomic mass is 79.9. The Morgan fingerprint density at radius 2 is 1.89 bits per heavy atom. The first-order valence-corrected chi connectivity index (χ1v) is 9.96. The van der Waals surface area contributed by atoms with Crippen LogP contribution in [0.5, 0.6) is 0 Å². The molecular weight excluding hydrogens is 447 g/mol. The molecule has 138 valence electrons. The summed E-state index contributed by atoms with van der Waals surface area (Å²) >= 11 is 15.7. The van der Waals surface area contributed by atoms with Crippen LogP contribution in [-0.4, -0.2) is 22.3 Å². The van der Waals surface area contributed by atoms with E-state index in [1.165, 1.54) is 0 Å². The molecule has 0 saturated carbocycles. The fraction of sp³-hybridized carbons (Fsp3) is 0.143. The van der Waals surface area contributed by atoms with Crippen LogP contribution in [0.25, 0.3) is 0 Å². The molecule has 0 atom stereocenters. The summed E-state index contributed by atoms with van der Waals surface area (Å²) in [6, 6.07) is 18.5. The first-order chi connectivity index (χ1) is 13.0. The first-order valence-electron chi connectivity index (χ1n) is 8.41. The van der Waals surface area contributed by atoms with E-state index in [1.807, 2.05) is 54.6 Å². The van der Waals surface area contributed by atoms with Crippen LogP contribution in [-0.2, 0) is 13.0 Å². The summed E-state index contributed by atoms with van der Waals surface area (Å²) in [6.45, 7) is 0.945. The van der Waals surface area contributed by atoms with Crippen molar-refractivity contribution in [3.05, 3.63) is 98.2 Å². The third-order valence-corrected chi connectivity index (χ3v) is 5.18. The third kappa shape index (κ3) is 5.55. The van der Waals surface area contributed by atoms with Crippen molar-refractivity contribution in [1.29, 1.82) is 0 Å². The predicted octanol–water partition coefficient (Wildman–Crippen LogP) is 6.04. The molecule has 0 radical (unpaired) electrons. The second kappa shape index (κ2) is 9.36. The average molecular weight is 464 g/mol. The Morgan fingerprint density at radius 1 is 1.04 bits per heavy atom. The molecule has 0 aliphatic carbocycles. The number of hydrogen-bond acceptors (Lipinski definition) is 2. The van der Waals surface area contributed by atoms with E-state index in [-0.39, 0.29) is 5.91 Å². The van der Waals surface area contributed by atoms with Crippen LogP contribution >= 0.6 is 39.1 Å². The minimum absolute atomic E-state index is 0.0490. The van der Waals surface area contributed by atoms with Crippen LogP contribution in [0.3, 0.4) is 0 Å². The number of halogens is 3. The summed E-state index contributed by atoms with van der Waals surface area (Å²) in [6.07, 6.45) is 2.36. The van der Waals surface area contributed by atoms with Gasteiger partial charge in [-0.3, -0.25) is 9.78 Å². The molecule has 27 heavy (non-hydrogen) atoms. The summed E-state index contributed by atoms with van der Waals surface area (Å²) in [5.41, 5.74) is 2.42. The van der Waals surface area contributed by atoms with Gasteiger partial charge in [0.1, 0.15) is 0 Å². The number of carbonyl (C=O) groups is 1. The second-order valence-electron chi connectivity index (χ2n) is 6.04. The van der Waals surface area contributed by atoms with Gasteiger partial charge in [-0.05, 0) is 54.4 Å². The molecule has 1 heterocycles. The van der Waals surface area contributed by atoms with E-state index in [2.05, 4.69) is 20.9 Å². The molecule has 2 aromatic carbocycles. The largest absolute Gasteiger partial charge is 0.332 e. The quantitative estimate of drug-likeness (QED) is 0.446. The van der Waals surface area contributed by atoms with Gasteiger partial charge in [0.05, 0.1) is 12.2 Å². The van der Waals surface area contributed by atoms with Crippen molar-refractivity contribution in [3.63, 3.8) is 0 Å². The summed E-state index contributed by atoms with van der Waals surface area (Å²) in [4.78, 5) is 19.2. The Morgan fingerprint density at radius 3 is 2.59 bits per heavy atom. The van der Waals surface area contributed by atoms with Crippen molar-refractivity contribution >= 4 is 45.0 Å². The smallest absolute Gasteiger partial charge is 0.254 e. The van der Waals surface area contributed by atoms with E-state index in [1.54, 1.807) is 17.2 Å². The van der Waals surface area contributed by atoms with Crippen LogP contribution < -0.4 is 0 Å². The number of carbonyl (C=O) groups excluding carboxylic acids is 1. The average Bonchev–Trinajstić information content (AvgIpc) is 2.66. The van der Waals surface area contributed by atoms with E-state index in [0.717, 1.165) is 15.7 Å². The Kier molecular flexibility index (Phi) is 6.89. The molecule has 3 rings (SSSR count). The Hall–Kier alpha value is -1.88. The maximum Gasteiger partial charge on any atom is 0.254 e. The van der Waals surface area contributed by atoms with Crippen LogP contribution in [0, 0.1) is 0 Å². The van der Waals surface area contributed by atoms with E-state index >= 15 is 0 Å². The van der Waals surface area contributed by atoms with Gasteiger partial charge in [-0.15, -0.1) is 0 Å². The highest BCUT2D eigenvalue weighted by molar-refractivity contribution is 9.10. The Labute approximate surface area is 177 Å². The van der Waals surface area contributed by atoms with Gasteiger partial charge < -0.3 is 4.90 Å². The van der Waals surface area contributed by atoms with Crippen molar-refractivity contribution in [2.24, 2.45) is 0 Å². The number of aromatic nitrogens is 1. The van der Waals surface area contributed by atoms with Gasteiger partial charge >= 0.3 is 0 Å². The summed E-state index contributed by atoms with van der Waals surface area (Å²) in [7, 11) is 0. The molecule has 0 fully saturated rings. The third-order valence-electron chi connectivity index (χ3n) is 4.10. The summed E-state index contributed by atoms with van der Waals surface area (Å²) in [5.74, 6) is -0.0490. The number of hydrogen-bond donors (Lipinski definition) is 0. The lowest BCUT2D eigenvalue weighted by molar-refractivity contribution is 0.0743. The van der Waals surface area contributed by atoms with Crippen molar-refractivity contribution in [2.45, 2.75) is 13.0 Å². The molecule has 1 amide bonds. The van der Waals surface area contributed by atoms with Gasteiger partial charge in [-0.2, -0.15) is 0 Å². The lowest BCUT2D eigenvalue weighted by Gasteiger charge is -2.23. The molecule has 0 spiro atoms. The van der Waals surface area contributed by atoms with E-state index < -0.39 is 0 Å². The molecule has 0 unspecified atom stereocenters. The Balaban J connectivity index is 1.81. The Bertz CT molecular complexity index is 934. The minimum atomic E-state index is -0.0490. The number of amides is 1. The molecule has 0 bridgehead atoms. The fourth-order valence-electron chi connectivity index (χ4n) is 2.72. The normalized spacial score (nSPS) is 10.6. The molecule has 0 aliphatic heterocycles. The fourth-order valence-corrected chi connectivity index (χ4v) is 3.63. The monoisotopic (exact) mass is 462 g/mol. The van der Waals surface area contributed by atoms with Crippen molar-refractivity contribution < 1.29 is 4.79 Å². The standard InChI is InChI=1S/C21H17BrCl2N2O/c22-17-5-3-4-16(12-17)21(27)26(14-19-6-1-2-10-25-19)11-9-15-7-8-18(23)13-20(15)24/h1-8,10,12-13H,9,11,14H2. The lowest BCUT2D eigenvalue weighted by Crippen LogP contribution is -2.32. The summed E-state index contributed by atoms with van der Waals surface area (Å²) in [5, 5.41) is 1.20. The van der Waals surface area contributed by atoms with Gasteiger partial charge in [0.15, 0.2) is 0 Å². The van der Waals surface area contributed by atoms with E-state index in [4.69, 9.17) is 23.2 Å². The molecule has 0 aliphatic rings. The minimum Gasteiger partial charge on any atom is -0.332 e. The van der Waals surface area contributed by atoms with Gasteiger partial charge in [0.2, 0.25) is 0 Å². The molecule has 3 nitrogen and oxygen atoms in total. The molecular formula is C21H17BrCl2N2O. The van der Waals surface area contributed by atoms with Crippen molar-refractivity contribution in [1.82, 2.24) is 9.88 Å².